The van der Waals surface area contributed by atoms with Crippen molar-refractivity contribution in [2.24, 2.45) is 11.1 Å². The van der Waals surface area contributed by atoms with Gasteiger partial charge >= 0.3 is 71.1 Å². The van der Waals surface area contributed by atoms with Crippen molar-refractivity contribution >= 4 is 62.9 Å². The van der Waals surface area contributed by atoms with Crippen LogP contribution < -0.4 is 75.3 Å². The SMILES string of the molecule is Nc1nc(/C(=N/OCC(=O)O)C(=O)N[C@@H]2C(=O)N3[C@@H]2[S@@](=O)C[C@@H]2CC(=O)O[C@@]23C(=O)[O-])ns1.[Na+].[Na+]. The number of fused-ring (bicyclic) bond motifs is 3. The molecule has 0 bridgehead atoms. The number of amides is 2. The van der Waals surface area contributed by atoms with Crippen LogP contribution in [0, 0.1) is 5.92 Å². The molecule has 3 aliphatic heterocycles. The van der Waals surface area contributed by atoms with Gasteiger partial charge in [0.1, 0.15) is 17.4 Å². The molecule has 0 radical (unpaired) electrons. The number of β-lactam (4-membered cyclic amide) rings is 1. The molecule has 16 nitrogen and oxygen atoms in total. The molecule has 4 heterocycles. The number of hydrogen-bond acceptors (Lipinski definition) is 14. The molecule has 176 valence electrons. The molecule has 0 unspecified atom stereocenters. The second kappa shape index (κ2) is 11.2. The van der Waals surface area contributed by atoms with Gasteiger partial charge in [0, 0.05) is 34.0 Å². The van der Waals surface area contributed by atoms with Crippen molar-refractivity contribution in [3.63, 3.8) is 0 Å². The molecule has 1 aromatic rings. The van der Waals surface area contributed by atoms with Crippen LogP contribution in [0.5, 0.6) is 0 Å². The van der Waals surface area contributed by atoms with E-state index in [1.54, 1.807) is 0 Å². The smallest absolute Gasteiger partial charge is 0.544 e. The number of carbonyl (C=O) groups is 5. The molecule has 20 heteroatoms. The number of anilines is 1. The Morgan fingerprint density at radius 1 is 1.40 bits per heavy atom. The van der Waals surface area contributed by atoms with E-state index in [0.29, 0.717) is 16.4 Å². The third-order valence-electron chi connectivity index (χ3n) is 5.06. The van der Waals surface area contributed by atoms with Crippen LogP contribution in [0.25, 0.3) is 0 Å². The fourth-order valence-electron chi connectivity index (χ4n) is 3.76. The number of hydrogen-bond donors (Lipinski definition) is 3. The second-order valence-electron chi connectivity index (χ2n) is 7.02. The second-order valence-corrected chi connectivity index (χ2v) is 9.38. The zero-order valence-corrected chi connectivity index (χ0v) is 23.8. The number of carboxylic acid groups (broad SMARTS) is 2. The van der Waals surface area contributed by atoms with Crippen LogP contribution >= 0.6 is 11.5 Å². The van der Waals surface area contributed by atoms with Crippen molar-refractivity contribution < 1.29 is 107 Å². The van der Waals surface area contributed by atoms with Crippen LogP contribution in [-0.4, -0.2) is 88.5 Å². The number of carboxylic acids is 2. The molecular weight excluding hydrogens is 534 g/mol. The van der Waals surface area contributed by atoms with Crippen LogP contribution in [0.2, 0.25) is 0 Å². The molecule has 0 spiro atoms. The van der Waals surface area contributed by atoms with E-state index in [0.717, 1.165) is 0 Å². The number of nitrogens with zero attached hydrogens (tertiary/aromatic N) is 4. The number of esters is 1. The van der Waals surface area contributed by atoms with Gasteiger partial charge in [0.2, 0.25) is 23.9 Å². The van der Waals surface area contributed by atoms with Gasteiger partial charge in [-0.2, -0.15) is 9.36 Å². The summed E-state index contributed by atoms with van der Waals surface area (Å²) >= 11 is 0.700. The quantitative estimate of drug-likeness (QED) is 0.0945. The van der Waals surface area contributed by atoms with Crippen molar-refractivity contribution in [1.29, 1.82) is 0 Å². The van der Waals surface area contributed by atoms with E-state index >= 15 is 0 Å². The van der Waals surface area contributed by atoms with Crippen LogP contribution in [0.3, 0.4) is 0 Å². The van der Waals surface area contributed by atoms with Gasteiger partial charge < -0.3 is 35.6 Å². The average Bonchev–Trinajstić information content (AvgIpc) is 3.30. The Morgan fingerprint density at radius 2 is 2.09 bits per heavy atom. The summed E-state index contributed by atoms with van der Waals surface area (Å²) in [5.74, 6) is -7.90. The molecule has 3 saturated heterocycles. The van der Waals surface area contributed by atoms with Gasteiger partial charge in [-0.25, -0.2) is 4.79 Å². The molecule has 4 rings (SSSR count). The molecule has 3 aliphatic rings. The topological polar surface area (TPSA) is 244 Å². The number of rotatable bonds is 7. The first-order valence-electron chi connectivity index (χ1n) is 9.02. The normalized spacial score (nSPS) is 28.8. The summed E-state index contributed by atoms with van der Waals surface area (Å²) in [5, 5.41) is 24.8. The van der Waals surface area contributed by atoms with E-state index in [-0.39, 0.29) is 82.2 Å². The summed E-state index contributed by atoms with van der Waals surface area (Å²) < 4.78 is 21.4. The molecule has 2 amide bonds. The fraction of sp³-hybridized carbons (Fsp3) is 0.467. The minimum Gasteiger partial charge on any atom is -0.544 e. The van der Waals surface area contributed by atoms with Gasteiger partial charge in [-0.3, -0.25) is 23.5 Å². The predicted molar refractivity (Wildman–Crippen MR) is 102 cm³/mol. The minimum atomic E-state index is -2.42. The van der Waals surface area contributed by atoms with Crippen LogP contribution in [0.1, 0.15) is 12.2 Å². The molecule has 4 N–H and O–H groups in total. The number of nitrogen functional groups attached to an aromatic ring is 1. The van der Waals surface area contributed by atoms with Crippen LogP contribution in [0.15, 0.2) is 5.16 Å². The van der Waals surface area contributed by atoms with E-state index in [4.69, 9.17) is 15.6 Å². The van der Waals surface area contributed by atoms with Crippen LogP contribution in [0.4, 0.5) is 5.13 Å². The first-order chi connectivity index (χ1) is 15.6. The minimum absolute atomic E-state index is 0. The number of nitrogens with one attached hydrogen (secondary N) is 1. The standard InChI is InChI=1S/C15H14N6O10S2.2Na/c16-14-18-9(20-32-14)7(19-30-2-5(22)23)10(25)17-8-11(26)21-12(8)33(29)3-4-1-6(24)31-15(4,21)13(27)28;;/h4,8,12H,1-3H2,(H,17,25)(H,22,23)(H,27,28)(H2,16,18,20);;/q;2*+1/p-1/b19-7-;;/t4-,8+,12+,15+,33-;;/m0../s1. The van der Waals surface area contributed by atoms with E-state index in [1.807, 2.05) is 0 Å². The maximum absolute atomic E-state index is 12.8. The summed E-state index contributed by atoms with van der Waals surface area (Å²) in [6.45, 7) is -0.903. The maximum atomic E-state index is 12.8. The zero-order chi connectivity index (χ0) is 24.1. The van der Waals surface area contributed by atoms with E-state index in [1.165, 1.54) is 0 Å². The number of aromatic nitrogens is 2. The van der Waals surface area contributed by atoms with Crippen molar-refractivity contribution in [3.8, 4) is 0 Å². The van der Waals surface area contributed by atoms with E-state index in [2.05, 4.69) is 24.7 Å². The van der Waals surface area contributed by atoms with Crippen molar-refractivity contribution in [3.05, 3.63) is 5.82 Å². The fourth-order valence-corrected chi connectivity index (χ4v) is 6.11. The van der Waals surface area contributed by atoms with Gasteiger partial charge in [-0.05, 0) is 0 Å². The molecular formula is C15H13N6Na2O10S2+. The summed E-state index contributed by atoms with van der Waals surface area (Å²) in [6.07, 6.45) is -0.359. The molecule has 5 atom stereocenters. The summed E-state index contributed by atoms with van der Waals surface area (Å²) in [4.78, 5) is 68.8. The van der Waals surface area contributed by atoms with E-state index < -0.39 is 75.9 Å². The van der Waals surface area contributed by atoms with Crippen molar-refractivity contribution in [1.82, 2.24) is 19.6 Å². The molecule has 0 saturated carbocycles. The number of ether oxygens (including phenoxy) is 1. The summed E-state index contributed by atoms with van der Waals surface area (Å²) in [7, 11) is -1.86. The number of nitrogens with two attached hydrogens (primary N) is 1. The van der Waals surface area contributed by atoms with Crippen LogP contribution in [-0.2, 0) is 44.3 Å². The largest absolute Gasteiger partial charge is 1.00 e. The first kappa shape index (κ1) is 29.6. The van der Waals surface area contributed by atoms with Crippen molar-refractivity contribution in [2.75, 3.05) is 18.1 Å². The molecule has 1 aromatic heterocycles. The molecule has 0 aromatic carbocycles. The molecule has 3 fully saturated rings. The number of carbonyl (C=O) groups excluding carboxylic acids is 4. The number of oxime groups is 1. The van der Waals surface area contributed by atoms with Gasteiger partial charge in [0.25, 0.3) is 11.8 Å². The Labute approximate surface area is 246 Å². The first-order valence-corrected chi connectivity index (χ1v) is 11.2. The van der Waals surface area contributed by atoms with Gasteiger partial charge in [0.15, 0.2) is 5.13 Å². The maximum Gasteiger partial charge on any atom is 1.00 e. The average molecular weight is 547 g/mol. The third kappa shape index (κ3) is 5.10. The van der Waals surface area contributed by atoms with Gasteiger partial charge in [0.05, 0.1) is 6.42 Å². The molecule has 0 aliphatic carbocycles. The van der Waals surface area contributed by atoms with Crippen molar-refractivity contribution in [2.45, 2.75) is 23.6 Å². The van der Waals surface area contributed by atoms with Gasteiger partial charge in [-0.1, -0.05) is 5.16 Å². The third-order valence-corrected chi connectivity index (χ3v) is 7.36. The predicted octanol–water partition coefficient (Wildman–Crippen LogP) is -10.6. The zero-order valence-electron chi connectivity index (χ0n) is 18.2. The van der Waals surface area contributed by atoms with E-state index in [9.17, 15) is 33.3 Å². The summed E-state index contributed by atoms with van der Waals surface area (Å²) in [5.41, 5.74) is 2.44. The number of aliphatic carboxylic acids is 2. The molecule has 35 heavy (non-hydrogen) atoms. The Morgan fingerprint density at radius 3 is 2.66 bits per heavy atom. The Balaban J connectivity index is 0.00000216. The van der Waals surface area contributed by atoms with Gasteiger partial charge in [-0.15, -0.1) is 0 Å². The summed E-state index contributed by atoms with van der Waals surface area (Å²) in [6, 6.07) is -1.48. The Bertz CT molecular complexity index is 1150. The monoisotopic (exact) mass is 547 g/mol. The Kier molecular flexibility index (Phi) is 9.42. The Hall–Kier alpha value is -1.67.